The van der Waals surface area contributed by atoms with Gasteiger partial charge in [-0.2, -0.15) is 0 Å². The summed E-state index contributed by atoms with van der Waals surface area (Å²) in [7, 11) is 0. The van der Waals surface area contributed by atoms with E-state index in [2.05, 4.69) is 15.9 Å². The molecule has 0 bridgehead atoms. The molecule has 0 fully saturated rings. The van der Waals surface area contributed by atoms with Crippen molar-refractivity contribution >= 4 is 21.7 Å². The molecule has 2 aromatic carbocycles. The highest BCUT2D eigenvalue weighted by atomic mass is 79.9. The highest BCUT2D eigenvalue weighted by molar-refractivity contribution is 9.10. The van der Waals surface area contributed by atoms with Crippen LogP contribution in [0.4, 0.5) is 4.39 Å². The fourth-order valence-electron chi connectivity index (χ4n) is 1.56. The minimum absolute atomic E-state index is 0.109. The normalized spacial score (nSPS) is 10.3. The van der Waals surface area contributed by atoms with Crippen molar-refractivity contribution in [2.75, 3.05) is 0 Å². The molecule has 0 atom stereocenters. The van der Waals surface area contributed by atoms with E-state index in [1.165, 1.54) is 12.1 Å². The van der Waals surface area contributed by atoms with Gasteiger partial charge in [0.15, 0.2) is 5.78 Å². The Bertz CT molecular complexity index is 561. The van der Waals surface area contributed by atoms with Crippen molar-refractivity contribution in [3.05, 3.63) is 69.4 Å². The molecule has 0 spiro atoms. The lowest BCUT2D eigenvalue weighted by Crippen LogP contribution is -2.04. The molecular weight excluding hydrogens is 283 g/mol. The van der Waals surface area contributed by atoms with E-state index in [9.17, 15) is 9.18 Å². The summed E-state index contributed by atoms with van der Waals surface area (Å²) in [6, 6.07) is 11.5. The monoisotopic (exact) mass is 292 g/mol. The van der Waals surface area contributed by atoms with Crippen LogP contribution in [0.3, 0.4) is 0 Å². The Balaban J connectivity index is 2.40. The van der Waals surface area contributed by atoms with Gasteiger partial charge >= 0.3 is 0 Å². The summed E-state index contributed by atoms with van der Waals surface area (Å²) in [4.78, 5) is 12.0. The molecule has 0 unspecified atom stereocenters. The largest absolute Gasteiger partial charge is 0.288 e. The Kier molecular flexibility index (Phi) is 3.38. The number of rotatable bonds is 2. The molecule has 17 heavy (non-hydrogen) atoms. The molecule has 0 aliphatic heterocycles. The Morgan fingerprint density at radius 3 is 2.35 bits per heavy atom. The van der Waals surface area contributed by atoms with E-state index in [1.807, 2.05) is 0 Å². The van der Waals surface area contributed by atoms with E-state index < -0.39 is 5.82 Å². The number of carbonyl (C=O) groups excluding carboxylic acids is 1. The van der Waals surface area contributed by atoms with E-state index in [0.717, 1.165) is 10.0 Å². The SMILES string of the molecule is Cc1ccc(C(=O)c2ccc(Br)cc2)c(F)c1. The summed E-state index contributed by atoms with van der Waals surface area (Å²) in [6.45, 7) is 1.79. The second-order valence-electron chi connectivity index (χ2n) is 3.82. The van der Waals surface area contributed by atoms with Crippen LogP contribution >= 0.6 is 15.9 Å². The van der Waals surface area contributed by atoms with E-state index >= 15 is 0 Å². The van der Waals surface area contributed by atoms with Crippen molar-refractivity contribution in [3.8, 4) is 0 Å². The standard InChI is InChI=1S/C14H10BrFO/c1-9-2-7-12(13(16)8-9)14(17)10-3-5-11(15)6-4-10/h2-8H,1H3. The van der Waals surface area contributed by atoms with Gasteiger partial charge in [-0.05, 0) is 48.9 Å². The fourth-order valence-corrected chi connectivity index (χ4v) is 1.83. The summed E-state index contributed by atoms with van der Waals surface area (Å²) in [5.41, 5.74) is 1.39. The Morgan fingerprint density at radius 1 is 1.12 bits per heavy atom. The molecule has 86 valence electrons. The summed E-state index contributed by atoms with van der Waals surface area (Å²) < 4.78 is 14.5. The smallest absolute Gasteiger partial charge is 0.195 e. The lowest BCUT2D eigenvalue weighted by molar-refractivity contribution is 0.103. The average Bonchev–Trinajstić information content (AvgIpc) is 2.29. The lowest BCUT2D eigenvalue weighted by atomic mass is 10.0. The summed E-state index contributed by atoms with van der Waals surface area (Å²) in [6.07, 6.45) is 0. The van der Waals surface area contributed by atoms with Crippen molar-refractivity contribution in [3.63, 3.8) is 0 Å². The maximum Gasteiger partial charge on any atom is 0.195 e. The Labute approximate surface area is 107 Å². The molecule has 2 aromatic rings. The Hall–Kier alpha value is -1.48. The van der Waals surface area contributed by atoms with Crippen molar-refractivity contribution < 1.29 is 9.18 Å². The molecule has 0 aromatic heterocycles. The second-order valence-corrected chi connectivity index (χ2v) is 4.73. The van der Waals surface area contributed by atoms with Gasteiger partial charge in [-0.25, -0.2) is 4.39 Å². The average molecular weight is 293 g/mol. The van der Waals surface area contributed by atoms with Crippen molar-refractivity contribution in [2.45, 2.75) is 6.92 Å². The third-order valence-corrected chi connectivity index (χ3v) is 3.00. The maximum absolute atomic E-state index is 13.6. The molecular formula is C14H10BrFO. The third kappa shape index (κ3) is 2.61. The van der Waals surface area contributed by atoms with Crippen LogP contribution in [0.15, 0.2) is 46.9 Å². The second kappa shape index (κ2) is 4.80. The first-order chi connectivity index (χ1) is 8.08. The highest BCUT2D eigenvalue weighted by Gasteiger charge is 2.13. The minimum Gasteiger partial charge on any atom is -0.288 e. The predicted octanol–water partition coefficient (Wildman–Crippen LogP) is 4.13. The molecule has 0 saturated carbocycles. The number of aryl methyl sites for hydroxylation is 1. The first kappa shape index (κ1) is 12.0. The first-order valence-electron chi connectivity index (χ1n) is 5.14. The van der Waals surface area contributed by atoms with Gasteiger partial charge in [-0.3, -0.25) is 4.79 Å². The van der Waals surface area contributed by atoms with Gasteiger partial charge in [0.25, 0.3) is 0 Å². The molecule has 3 heteroatoms. The van der Waals surface area contributed by atoms with Gasteiger partial charge in [0, 0.05) is 10.0 Å². The molecule has 0 aliphatic carbocycles. The van der Waals surface area contributed by atoms with Gasteiger partial charge in [-0.1, -0.05) is 22.0 Å². The highest BCUT2D eigenvalue weighted by Crippen LogP contribution is 2.17. The van der Waals surface area contributed by atoms with Gasteiger partial charge in [-0.15, -0.1) is 0 Å². The number of ketones is 1. The predicted molar refractivity (Wildman–Crippen MR) is 68.7 cm³/mol. The fraction of sp³-hybridized carbons (Fsp3) is 0.0714. The lowest BCUT2D eigenvalue weighted by Gasteiger charge is -2.03. The van der Waals surface area contributed by atoms with E-state index in [0.29, 0.717) is 5.56 Å². The minimum atomic E-state index is -0.474. The Morgan fingerprint density at radius 2 is 1.76 bits per heavy atom. The first-order valence-corrected chi connectivity index (χ1v) is 5.93. The van der Waals surface area contributed by atoms with Crippen LogP contribution in [0.5, 0.6) is 0 Å². The molecule has 0 saturated heterocycles. The van der Waals surface area contributed by atoms with Gasteiger partial charge in [0.05, 0.1) is 5.56 Å². The number of carbonyl (C=O) groups is 1. The van der Waals surface area contributed by atoms with Crippen LogP contribution in [-0.2, 0) is 0 Å². The number of benzene rings is 2. The van der Waals surface area contributed by atoms with Crippen LogP contribution < -0.4 is 0 Å². The molecule has 0 radical (unpaired) electrons. The van der Waals surface area contributed by atoms with Crippen LogP contribution in [-0.4, -0.2) is 5.78 Å². The molecule has 2 rings (SSSR count). The zero-order valence-electron chi connectivity index (χ0n) is 9.21. The molecule has 0 amide bonds. The van der Waals surface area contributed by atoms with Crippen molar-refractivity contribution in [1.29, 1.82) is 0 Å². The van der Waals surface area contributed by atoms with Crippen LogP contribution in [0.1, 0.15) is 21.5 Å². The van der Waals surface area contributed by atoms with Crippen molar-refractivity contribution in [2.24, 2.45) is 0 Å². The number of hydrogen-bond acceptors (Lipinski definition) is 1. The number of halogens is 2. The van der Waals surface area contributed by atoms with Crippen molar-refractivity contribution in [1.82, 2.24) is 0 Å². The molecule has 0 aliphatic rings. The van der Waals surface area contributed by atoms with Gasteiger partial charge in [0.1, 0.15) is 5.82 Å². The summed E-state index contributed by atoms with van der Waals surface area (Å²) in [5.74, 6) is -0.770. The van der Waals surface area contributed by atoms with E-state index in [4.69, 9.17) is 0 Å². The van der Waals surface area contributed by atoms with E-state index in [1.54, 1.807) is 37.3 Å². The van der Waals surface area contributed by atoms with Gasteiger partial charge < -0.3 is 0 Å². The summed E-state index contributed by atoms with van der Waals surface area (Å²) >= 11 is 3.29. The molecule has 0 heterocycles. The maximum atomic E-state index is 13.6. The molecule has 1 nitrogen and oxygen atoms in total. The van der Waals surface area contributed by atoms with Gasteiger partial charge in [0.2, 0.25) is 0 Å². The van der Waals surface area contributed by atoms with E-state index in [-0.39, 0.29) is 11.3 Å². The van der Waals surface area contributed by atoms with Crippen LogP contribution in [0.2, 0.25) is 0 Å². The van der Waals surface area contributed by atoms with Crippen LogP contribution in [0, 0.1) is 12.7 Å². The van der Waals surface area contributed by atoms with Crippen LogP contribution in [0.25, 0.3) is 0 Å². The molecule has 0 N–H and O–H groups in total. The summed E-state index contributed by atoms with van der Waals surface area (Å²) in [5, 5.41) is 0. The quantitative estimate of drug-likeness (QED) is 0.761. The third-order valence-electron chi connectivity index (χ3n) is 2.48. The zero-order valence-corrected chi connectivity index (χ0v) is 10.8. The topological polar surface area (TPSA) is 17.1 Å². The number of hydrogen-bond donors (Lipinski definition) is 0. The zero-order chi connectivity index (χ0) is 12.4.